The molecule has 0 aliphatic heterocycles. The lowest BCUT2D eigenvalue weighted by Crippen LogP contribution is -2.15. The van der Waals surface area contributed by atoms with Gasteiger partial charge in [0.25, 0.3) is 0 Å². The van der Waals surface area contributed by atoms with Gasteiger partial charge in [-0.3, -0.25) is 0 Å². The van der Waals surface area contributed by atoms with E-state index < -0.39 is 0 Å². The van der Waals surface area contributed by atoms with Crippen LogP contribution in [-0.4, -0.2) is 6.61 Å². The van der Waals surface area contributed by atoms with Crippen molar-refractivity contribution in [2.45, 2.75) is 96.8 Å². The summed E-state index contributed by atoms with van der Waals surface area (Å²) in [6.45, 7) is 3.17. The Morgan fingerprint density at radius 3 is 1.87 bits per heavy atom. The number of hydrogen-bond acceptors (Lipinski definition) is 1. The zero-order chi connectivity index (χ0) is 20.9. The van der Waals surface area contributed by atoms with E-state index in [1.807, 2.05) is 0 Å². The summed E-state index contributed by atoms with van der Waals surface area (Å²) in [5.41, 5.74) is 4.05. The van der Waals surface area contributed by atoms with Crippen LogP contribution in [0.15, 0.2) is 48.5 Å². The second-order valence-corrected chi connectivity index (χ2v) is 9.26. The maximum Gasteiger partial charge on any atom is 0.119 e. The van der Waals surface area contributed by atoms with Crippen LogP contribution in [0.2, 0.25) is 0 Å². The Labute approximate surface area is 185 Å². The molecule has 0 amide bonds. The monoisotopic (exact) mass is 406 g/mol. The summed E-state index contributed by atoms with van der Waals surface area (Å²) in [6.07, 6.45) is 19.1. The molecule has 1 saturated carbocycles. The van der Waals surface area contributed by atoms with Crippen LogP contribution in [0.4, 0.5) is 0 Å². The highest BCUT2D eigenvalue weighted by atomic mass is 16.5. The Morgan fingerprint density at radius 2 is 1.23 bits per heavy atom. The first-order chi connectivity index (χ1) is 14.8. The quantitative estimate of drug-likeness (QED) is 0.301. The van der Waals surface area contributed by atoms with Gasteiger partial charge in [-0.05, 0) is 60.4 Å². The molecule has 0 unspecified atom stereocenters. The van der Waals surface area contributed by atoms with Crippen LogP contribution in [0.1, 0.15) is 96.0 Å². The van der Waals surface area contributed by atoms with Crippen molar-refractivity contribution in [3.8, 4) is 16.9 Å². The highest BCUT2D eigenvalue weighted by Crippen LogP contribution is 2.26. The molecule has 164 valence electrons. The molecule has 2 aromatic rings. The van der Waals surface area contributed by atoms with Gasteiger partial charge in [-0.2, -0.15) is 0 Å². The van der Waals surface area contributed by atoms with Crippen molar-refractivity contribution >= 4 is 0 Å². The Balaban J connectivity index is 1.36. The molecule has 0 N–H and O–H groups in total. The molecule has 0 spiro atoms. The third-order valence-electron chi connectivity index (χ3n) is 6.67. The number of hydrogen-bond donors (Lipinski definition) is 0. The summed E-state index contributed by atoms with van der Waals surface area (Å²) in [5.74, 6) is 1.77. The number of ether oxygens (including phenoxy) is 1. The molecule has 0 saturated heterocycles. The third kappa shape index (κ3) is 8.17. The van der Waals surface area contributed by atoms with E-state index in [2.05, 4.69) is 55.5 Å². The molecule has 2 aromatic carbocycles. The second kappa shape index (κ2) is 13.5. The Hall–Kier alpha value is -1.76. The topological polar surface area (TPSA) is 9.23 Å². The molecule has 0 atom stereocenters. The molecule has 0 heterocycles. The molecule has 1 heteroatoms. The predicted molar refractivity (Wildman–Crippen MR) is 130 cm³/mol. The number of rotatable bonds is 13. The minimum absolute atomic E-state index is 0.757. The van der Waals surface area contributed by atoms with Crippen molar-refractivity contribution in [2.75, 3.05) is 6.61 Å². The lowest BCUT2D eigenvalue weighted by atomic mass is 9.90. The standard InChI is InChI=1S/C29H42O/c1-2-3-4-5-6-7-8-10-13-25-16-18-27(19-17-25)28-20-22-29(23-21-28)30-24-26-14-11-9-12-15-26/h16-23,26H,2-15,24H2,1H3. The summed E-state index contributed by atoms with van der Waals surface area (Å²) >= 11 is 0. The van der Waals surface area contributed by atoms with E-state index in [4.69, 9.17) is 4.74 Å². The summed E-state index contributed by atoms with van der Waals surface area (Å²) < 4.78 is 6.05. The van der Waals surface area contributed by atoms with E-state index >= 15 is 0 Å². The smallest absolute Gasteiger partial charge is 0.119 e. The minimum Gasteiger partial charge on any atom is -0.493 e. The predicted octanol–water partition coefficient (Wildman–Crippen LogP) is 9.00. The Kier molecular flexibility index (Phi) is 10.3. The van der Waals surface area contributed by atoms with E-state index in [1.54, 1.807) is 0 Å². The van der Waals surface area contributed by atoms with E-state index in [1.165, 1.54) is 107 Å². The van der Waals surface area contributed by atoms with Gasteiger partial charge in [-0.25, -0.2) is 0 Å². The summed E-state index contributed by atoms with van der Waals surface area (Å²) in [5, 5.41) is 0. The maximum absolute atomic E-state index is 6.05. The maximum atomic E-state index is 6.05. The van der Waals surface area contributed by atoms with Crippen LogP contribution in [0, 0.1) is 5.92 Å². The van der Waals surface area contributed by atoms with Gasteiger partial charge in [-0.15, -0.1) is 0 Å². The molecular formula is C29H42O. The fourth-order valence-corrected chi connectivity index (χ4v) is 4.64. The lowest BCUT2D eigenvalue weighted by molar-refractivity contribution is 0.209. The van der Waals surface area contributed by atoms with Gasteiger partial charge in [0, 0.05) is 0 Å². The molecule has 1 nitrogen and oxygen atoms in total. The van der Waals surface area contributed by atoms with Crippen molar-refractivity contribution in [3.63, 3.8) is 0 Å². The summed E-state index contributed by atoms with van der Waals surface area (Å²) in [6, 6.07) is 17.8. The SMILES string of the molecule is CCCCCCCCCCc1ccc(-c2ccc(OCC3CCCCC3)cc2)cc1. The number of aryl methyl sites for hydroxylation is 1. The molecule has 3 rings (SSSR count). The highest BCUT2D eigenvalue weighted by molar-refractivity contribution is 5.64. The summed E-state index contributed by atoms with van der Waals surface area (Å²) in [7, 11) is 0. The molecule has 1 fully saturated rings. The zero-order valence-electron chi connectivity index (χ0n) is 19.2. The number of unbranched alkanes of at least 4 members (excludes halogenated alkanes) is 7. The van der Waals surface area contributed by atoms with Crippen molar-refractivity contribution in [1.29, 1.82) is 0 Å². The van der Waals surface area contributed by atoms with E-state index in [0.717, 1.165) is 18.3 Å². The fraction of sp³-hybridized carbons (Fsp3) is 0.586. The van der Waals surface area contributed by atoms with Gasteiger partial charge in [0.1, 0.15) is 5.75 Å². The van der Waals surface area contributed by atoms with Gasteiger partial charge in [-0.1, -0.05) is 108 Å². The normalized spacial score (nSPS) is 14.7. The van der Waals surface area contributed by atoms with Gasteiger partial charge >= 0.3 is 0 Å². The van der Waals surface area contributed by atoms with Gasteiger partial charge in [0.2, 0.25) is 0 Å². The first-order valence-electron chi connectivity index (χ1n) is 12.7. The van der Waals surface area contributed by atoms with Crippen LogP contribution < -0.4 is 4.74 Å². The van der Waals surface area contributed by atoms with Gasteiger partial charge in [0.05, 0.1) is 6.61 Å². The van der Waals surface area contributed by atoms with Crippen LogP contribution >= 0.6 is 0 Å². The second-order valence-electron chi connectivity index (χ2n) is 9.26. The van der Waals surface area contributed by atoms with Crippen LogP contribution in [0.25, 0.3) is 11.1 Å². The molecule has 0 aromatic heterocycles. The molecule has 0 radical (unpaired) electrons. The van der Waals surface area contributed by atoms with Crippen molar-refractivity contribution < 1.29 is 4.74 Å². The van der Waals surface area contributed by atoms with E-state index in [0.29, 0.717) is 0 Å². The molecular weight excluding hydrogens is 364 g/mol. The van der Waals surface area contributed by atoms with E-state index in [9.17, 15) is 0 Å². The molecule has 0 bridgehead atoms. The van der Waals surface area contributed by atoms with Crippen LogP contribution in [-0.2, 0) is 6.42 Å². The molecule has 1 aliphatic carbocycles. The molecule has 1 aliphatic rings. The Morgan fingerprint density at radius 1 is 0.667 bits per heavy atom. The third-order valence-corrected chi connectivity index (χ3v) is 6.67. The number of benzene rings is 2. The highest BCUT2D eigenvalue weighted by Gasteiger charge is 2.13. The molecule has 30 heavy (non-hydrogen) atoms. The lowest BCUT2D eigenvalue weighted by Gasteiger charge is -2.21. The Bertz CT molecular complexity index is 679. The fourth-order valence-electron chi connectivity index (χ4n) is 4.64. The van der Waals surface area contributed by atoms with E-state index in [-0.39, 0.29) is 0 Å². The van der Waals surface area contributed by atoms with Crippen molar-refractivity contribution in [2.24, 2.45) is 5.92 Å². The zero-order valence-corrected chi connectivity index (χ0v) is 19.2. The first kappa shape index (κ1) is 22.9. The average molecular weight is 407 g/mol. The van der Waals surface area contributed by atoms with Crippen molar-refractivity contribution in [3.05, 3.63) is 54.1 Å². The van der Waals surface area contributed by atoms with Crippen molar-refractivity contribution in [1.82, 2.24) is 0 Å². The van der Waals surface area contributed by atoms with Crippen LogP contribution in [0.3, 0.4) is 0 Å². The average Bonchev–Trinajstić information content (AvgIpc) is 2.81. The van der Waals surface area contributed by atoms with Gasteiger partial charge in [0.15, 0.2) is 0 Å². The largest absolute Gasteiger partial charge is 0.493 e. The summed E-state index contributed by atoms with van der Waals surface area (Å²) in [4.78, 5) is 0. The minimum atomic E-state index is 0.757. The first-order valence-corrected chi connectivity index (χ1v) is 12.7. The van der Waals surface area contributed by atoms with Crippen LogP contribution in [0.5, 0.6) is 5.75 Å². The van der Waals surface area contributed by atoms with Gasteiger partial charge < -0.3 is 4.74 Å².